The predicted octanol–water partition coefficient (Wildman–Crippen LogP) is 6.48. The Morgan fingerprint density at radius 2 is 0.833 bits per heavy atom. The molecule has 0 fully saturated rings. The van der Waals surface area contributed by atoms with Crippen molar-refractivity contribution >= 4 is 18.2 Å². The minimum atomic E-state index is 0.756. The second-order valence-electron chi connectivity index (χ2n) is 6.04. The van der Waals surface area contributed by atoms with Gasteiger partial charge in [-0.25, -0.2) is 15.0 Å². The third-order valence-corrected chi connectivity index (χ3v) is 3.66. The Hall–Kier alpha value is -1.77. The fourth-order valence-corrected chi connectivity index (χ4v) is 2.18. The van der Waals surface area contributed by atoms with E-state index in [-0.39, 0.29) is 0 Å². The summed E-state index contributed by atoms with van der Waals surface area (Å²) in [4.78, 5) is 13.6. The number of rotatable bonds is 12. The summed E-state index contributed by atoms with van der Waals surface area (Å²) < 4.78 is 0. The maximum Gasteiger partial charge on any atom is 0.156 e. The minimum Gasteiger partial charge on any atom is -0.209 e. The number of hydrogen-bond acceptors (Lipinski definition) is 3. The number of hydrogen-bond donors (Lipinski definition) is 0. The smallest absolute Gasteiger partial charge is 0.156 e. The summed E-state index contributed by atoms with van der Waals surface area (Å²) in [5.74, 6) is 2.27. The van der Waals surface area contributed by atoms with Gasteiger partial charge in [-0.3, -0.25) is 0 Å². The van der Waals surface area contributed by atoms with Crippen LogP contribution in [0.25, 0.3) is 18.2 Å². The van der Waals surface area contributed by atoms with E-state index in [0.29, 0.717) is 0 Å². The highest BCUT2D eigenvalue weighted by Gasteiger charge is 2.00. The first-order valence-corrected chi connectivity index (χ1v) is 9.55. The summed E-state index contributed by atoms with van der Waals surface area (Å²) in [7, 11) is 0. The Bertz CT molecular complexity index is 441. The lowest BCUT2D eigenvalue weighted by Crippen LogP contribution is -1.99. The molecule has 1 heterocycles. The third-order valence-electron chi connectivity index (χ3n) is 3.66. The molecule has 0 bridgehead atoms. The van der Waals surface area contributed by atoms with Crippen LogP contribution >= 0.6 is 0 Å². The molecule has 0 aliphatic rings. The van der Waals surface area contributed by atoms with E-state index < -0.39 is 0 Å². The number of aromatic nitrogens is 3. The number of unbranched alkanes of at least 4 members (excludes halogenated alkanes) is 6. The standard InChI is InChI=1S/C21H33N3/c1-4-7-10-13-16-19-22-20(17-14-11-8-5-2)24-21(23-19)18-15-12-9-6-3/h13-18H,4-12H2,1-3H3. The van der Waals surface area contributed by atoms with Crippen LogP contribution in [0.4, 0.5) is 0 Å². The monoisotopic (exact) mass is 327 g/mol. The summed E-state index contributed by atoms with van der Waals surface area (Å²) in [5.41, 5.74) is 0. The Morgan fingerprint density at radius 3 is 1.08 bits per heavy atom. The van der Waals surface area contributed by atoms with Crippen LogP contribution in [-0.2, 0) is 0 Å². The van der Waals surface area contributed by atoms with E-state index in [9.17, 15) is 0 Å². The molecule has 3 nitrogen and oxygen atoms in total. The predicted molar refractivity (Wildman–Crippen MR) is 106 cm³/mol. The van der Waals surface area contributed by atoms with E-state index in [0.717, 1.165) is 36.7 Å². The van der Waals surface area contributed by atoms with E-state index in [1.165, 1.54) is 38.5 Å². The van der Waals surface area contributed by atoms with Gasteiger partial charge in [0.15, 0.2) is 17.5 Å². The summed E-state index contributed by atoms with van der Waals surface area (Å²) in [6, 6.07) is 0. The van der Waals surface area contributed by atoms with Crippen LogP contribution in [-0.4, -0.2) is 15.0 Å². The van der Waals surface area contributed by atoms with Crippen molar-refractivity contribution < 1.29 is 0 Å². The average molecular weight is 328 g/mol. The summed E-state index contributed by atoms with van der Waals surface area (Å²) in [6.07, 6.45) is 23.0. The van der Waals surface area contributed by atoms with Crippen molar-refractivity contribution in [2.75, 3.05) is 0 Å². The van der Waals surface area contributed by atoms with Gasteiger partial charge >= 0.3 is 0 Å². The van der Waals surface area contributed by atoms with Crippen molar-refractivity contribution in [1.29, 1.82) is 0 Å². The van der Waals surface area contributed by atoms with Crippen molar-refractivity contribution in [2.45, 2.75) is 78.6 Å². The van der Waals surface area contributed by atoms with Crippen LogP contribution in [0.1, 0.15) is 96.0 Å². The second kappa shape index (κ2) is 13.6. The maximum absolute atomic E-state index is 4.54. The van der Waals surface area contributed by atoms with Crippen molar-refractivity contribution in [1.82, 2.24) is 15.0 Å². The molecule has 0 radical (unpaired) electrons. The van der Waals surface area contributed by atoms with E-state index in [4.69, 9.17) is 0 Å². The Kier molecular flexibility index (Phi) is 11.5. The Labute approximate surface area is 148 Å². The van der Waals surface area contributed by atoms with Gasteiger partial charge in [-0.05, 0) is 37.5 Å². The zero-order valence-corrected chi connectivity index (χ0v) is 15.7. The highest BCUT2D eigenvalue weighted by Crippen LogP contribution is 2.07. The normalized spacial score (nSPS) is 12.1. The fourth-order valence-electron chi connectivity index (χ4n) is 2.18. The molecule has 24 heavy (non-hydrogen) atoms. The largest absolute Gasteiger partial charge is 0.209 e. The zero-order chi connectivity index (χ0) is 17.5. The van der Waals surface area contributed by atoms with Gasteiger partial charge in [0.2, 0.25) is 0 Å². The average Bonchev–Trinajstić information content (AvgIpc) is 2.59. The molecule has 0 aliphatic heterocycles. The molecule has 1 aromatic rings. The SMILES string of the molecule is CCCCC=Cc1nc(C=CCCCC)nc(C=CCCCC)n1. The van der Waals surface area contributed by atoms with E-state index in [2.05, 4.69) is 54.0 Å². The van der Waals surface area contributed by atoms with Crippen LogP contribution in [0.15, 0.2) is 18.2 Å². The molecular weight excluding hydrogens is 294 g/mol. The van der Waals surface area contributed by atoms with E-state index in [1.54, 1.807) is 0 Å². The highest BCUT2D eigenvalue weighted by atomic mass is 15.0. The third kappa shape index (κ3) is 9.39. The van der Waals surface area contributed by atoms with Gasteiger partial charge in [0.05, 0.1) is 0 Å². The van der Waals surface area contributed by atoms with Crippen molar-refractivity contribution in [3.63, 3.8) is 0 Å². The summed E-state index contributed by atoms with van der Waals surface area (Å²) in [5, 5.41) is 0. The fraction of sp³-hybridized carbons (Fsp3) is 0.571. The molecule has 1 rings (SSSR count). The quantitative estimate of drug-likeness (QED) is 0.412. The Morgan fingerprint density at radius 1 is 0.542 bits per heavy atom. The maximum atomic E-state index is 4.54. The highest BCUT2D eigenvalue weighted by molar-refractivity contribution is 5.49. The lowest BCUT2D eigenvalue weighted by molar-refractivity contribution is 0.814. The first-order chi connectivity index (χ1) is 11.8. The Balaban J connectivity index is 2.85. The molecule has 0 saturated carbocycles. The van der Waals surface area contributed by atoms with Crippen molar-refractivity contribution in [3.05, 3.63) is 35.7 Å². The van der Waals surface area contributed by atoms with Crippen LogP contribution in [0.3, 0.4) is 0 Å². The molecule has 132 valence electrons. The van der Waals surface area contributed by atoms with Gasteiger partial charge in [-0.15, -0.1) is 0 Å². The van der Waals surface area contributed by atoms with Gasteiger partial charge in [-0.1, -0.05) is 77.5 Å². The molecule has 3 heteroatoms. The second-order valence-corrected chi connectivity index (χ2v) is 6.04. The van der Waals surface area contributed by atoms with Gasteiger partial charge < -0.3 is 0 Å². The molecule has 0 amide bonds. The van der Waals surface area contributed by atoms with Crippen LogP contribution < -0.4 is 0 Å². The van der Waals surface area contributed by atoms with E-state index >= 15 is 0 Å². The lowest BCUT2D eigenvalue weighted by Gasteiger charge is -2.00. The zero-order valence-electron chi connectivity index (χ0n) is 15.7. The van der Waals surface area contributed by atoms with Crippen LogP contribution in [0.2, 0.25) is 0 Å². The first kappa shape index (κ1) is 20.3. The van der Waals surface area contributed by atoms with Gasteiger partial charge in [0, 0.05) is 0 Å². The minimum absolute atomic E-state index is 0.756. The van der Waals surface area contributed by atoms with Crippen molar-refractivity contribution in [2.24, 2.45) is 0 Å². The summed E-state index contributed by atoms with van der Waals surface area (Å²) >= 11 is 0. The number of nitrogens with zero attached hydrogens (tertiary/aromatic N) is 3. The number of allylic oxidation sites excluding steroid dienone is 3. The molecule has 0 N–H and O–H groups in total. The lowest BCUT2D eigenvalue weighted by atomic mass is 10.2. The van der Waals surface area contributed by atoms with Gasteiger partial charge in [-0.2, -0.15) is 0 Å². The molecule has 1 aromatic heterocycles. The molecule has 0 aromatic carbocycles. The molecule has 0 aliphatic carbocycles. The molecule has 0 spiro atoms. The molecular formula is C21H33N3. The molecule has 0 atom stereocenters. The van der Waals surface area contributed by atoms with Crippen LogP contribution in [0.5, 0.6) is 0 Å². The van der Waals surface area contributed by atoms with Gasteiger partial charge in [0.25, 0.3) is 0 Å². The topological polar surface area (TPSA) is 38.7 Å². The van der Waals surface area contributed by atoms with Crippen molar-refractivity contribution in [3.8, 4) is 0 Å². The molecule has 0 saturated heterocycles. The van der Waals surface area contributed by atoms with E-state index in [1.807, 2.05) is 18.2 Å². The first-order valence-electron chi connectivity index (χ1n) is 9.55. The summed E-state index contributed by atoms with van der Waals surface area (Å²) in [6.45, 7) is 6.61. The molecule has 0 unspecified atom stereocenters. The van der Waals surface area contributed by atoms with Gasteiger partial charge in [0.1, 0.15) is 0 Å². The van der Waals surface area contributed by atoms with Crippen LogP contribution in [0, 0.1) is 0 Å².